The Morgan fingerprint density at radius 1 is 1.12 bits per heavy atom. The first-order chi connectivity index (χ1) is 12.4. The molecule has 0 aliphatic rings. The van der Waals surface area contributed by atoms with Crippen LogP contribution in [0.2, 0.25) is 0 Å². The summed E-state index contributed by atoms with van der Waals surface area (Å²) in [5.74, 6) is 2.71. The lowest BCUT2D eigenvalue weighted by Crippen LogP contribution is -2.16. The Bertz CT molecular complexity index is 888. The molecule has 8 heteroatoms. The highest BCUT2D eigenvalue weighted by Crippen LogP contribution is 2.27. The number of thioether (sulfide) groups is 1. The molecule has 1 aromatic carbocycles. The first-order valence-corrected chi connectivity index (χ1v) is 9.68. The van der Waals surface area contributed by atoms with Gasteiger partial charge in [0.2, 0.25) is 11.9 Å². The number of fused-ring (bicyclic) bond motifs is 1. The SMILES string of the molecule is CC(C)CCn1c(SCc2nc(N)nc(N(C)C)n2)nc2ccccc21. The largest absolute Gasteiger partial charge is 0.368 e. The maximum atomic E-state index is 5.82. The Kier molecular flexibility index (Phi) is 5.61. The Hall–Kier alpha value is -2.35. The number of benzene rings is 1. The standard InChI is InChI=1S/C18H25N7S/c1-12(2)9-10-25-14-8-6-5-7-13(14)20-18(25)26-11-15-21-16(19)23-17(22-15)24(3)4/h5-8,12H,9-11H2,1-4H3,(H2,19,21,22,23). The zero-order valence-corrected chi connectivity index (χ0v) is 16.5. The van der Waals surface area contributed by atoms with Crippen molar-refractivity contribution in [2.75, 3.05) is 24.7 Å². The average molecular weight is 372 g/mol. The first-order valence-electron chi connectivity index (χ1n) is 8.70. The third-order valence-electron chi connectivity index (χ3n) is 3.97. The van der Waals surface area contributed by atoms with Gasteiger partial charge in [0, 0.05) is 20.6 Å². The van der Waals surface area contributed by atoms with Crippen LogP contribution in [0.25, 0.3) is 11.0 Å². The monoisotopic (exact) mass is 371 g/mol. The van der Waals surface area contributed by atoms with Crippen LogP contribution in [0.15, 0.2) is 29.4 Å². The van der Waals surface area contributed by atoms with Crippen molar-refractivity contribution < 1.29 is 0 Å². The van der Waals surface area contributed by atoms with Crippen LogP contribution in [0.3, 0.4) is 0 Å². The molecule has 138 valence electrons. The minimum atomic E-state index is 0.243. The number of hydrogen-bond donors (Lipinski definition) is 1. The van der Waals surface area contributed by atoms with Crippen LogP contribution >= 0.6 is 11.8 Å². The molecule has 0 atom stereocenters. The number of aryl methyl sites for hydroxylation is 1. The maximum absolute atomic E-state index is 5.82. The zero-order valence-electron chi connectivity index (χ0n) is 15.7. The van der Waals surface area contributed by atoms with Gasteiger partial charge in [0.25, 0.3) is 0 Å². The van der Waals surface area contributed by atoms with E-state index in [2.05, 4.69) is 51.6 Å². The Balaban J connectivity index is 1.85. The fraction of sp³-hybridized carbons (Fsp3) is 0.444. The lowest BCUT2D eigenvalue weighted by molar-refractivity contribution is 0.503. The van der Waals surface area contributed by atoms with E-state index in [1.54, 1.807) is 11.8 Å². The van der Waals surface area contributed by atoms with E-state index in [4.69, 9.17) is 10.7 Å². The molecule has 7 nitrogen and oxygen atoms in total. The number of imidazole rings is 1. The summed E-state index contributed by atoms with van der Waals surface area (Å²) in [5, 5.41) is 0.984. The molecular weight excluding hydrogens is 346 g/mol. The third kappa shape index (κ3) is 4.24. The van der Waals surface area contributed by atoms with Gasteiger partial charge in [0.1, 0.15) is 5.82 Å². The average Bonchev–Trinajstić information content (AvgIpc) is 2.95. The second-order valence-corrected chi connectivity index (χ2v) is 7.75. The topological polar surface area (TPSA) is 85.8 Å². The molecule has 0 aliphatic carbocycles. The Morgan fingerprint density at radius 3 is 2.62 bits per heavy atom. The van der Waals surface area contributed by atoms with E-state index >= 15 is 0 Å². The number of aromatic nitrogens is 5. The van der Waals surface area contributed by atoms with Crippen molar-refractivity contribution in [2.24, 2.45) is 5.92 Å². The second kappa shape index (κ2) is 7.90. The van der Waals surface area contributed by atoms with Gasteiger partial charge in [-0.15, -0.1) is 0 Å². The van der Waals surface area contributed by atoms with E-state index in [1.165, 1.54) is 5.52 Å². The molecular formula is C18H25N7S. The van der Waals surface area contributed by atoms with Crippen molar-refractivity contribution in [1.29, 1.82) is 0 Å². The van der Waals surface area contributed by atoms with E-state index in [0.717, 1.165) is 23.6 Å². The van der Waals surface area contributed by atoms with Crippen molar-refractivity contribution in [3.63, 3.8) is 0 Å². The second-order valence-electron chi connectivity index (χ2n) is 6.81. The van der Waals surface area contributed by atoms with Gasteiger partial charge < -0.3 is 15.2 Å². The van der Waals surface area contributed by atoms with Crippen LogP contribution in [0, 0.1) is 5.92 Å². The third-order valence-corrected chi connectivity index (χ3v) is 4.94. The van der Waals surface area contributed by atoms with E-state index in [-0.39, 0.29) is 5.95 Å². The summed E-state index contributed by atoms with van der Waals surface area (Å²) in [6.07, 6.45) is 1.11. The summed E-state index contributed by atoms with van der Waals surface area (Å²) in [5.41, 5.74) is 8.00. The van der Waals surface area contributed by atoms with Gasteiger partial charge in [-0.05, 0) is 24.5 Å². The number of para-hydroxylation sites is 2. The highest BCUT2D eigenvalue weighted by Gasteiger charge is 2.13. The van der Waals surface area contributed by atoms with E-state index in [1.807, 2.05) is 25.1 Å². The van der Waals surface area contributed by atoms with Crippen LogP contribution in [0.4, 0.5) is 11.9 Å². The lowest BCUT2D eigenvalue weighted by atomic mass is 10.1. The van der Waals surface area contributed by atoms with Gasteiger partial charge in [-0.1, -0.05) is 37.7 Å². The molecule has 0 aliphatic heterocycles. The molecule has 0 saturated carbocycles. The maximum Gasteiger partial charge on any atom is 0.229 e. The number of rotatable bonds is 7. The van der Waals surface area contributed by atoms with Crippen LogP contribution < -0.4 is 10.6 Å². The number of nitrogens with zero attached hydrogens (tertiary/aromatic N) is 6. The summed E-state index contributed by atoms with van der Waals surface area (Å²) in [6, 6.07) is 8.25. The molecule has 2 aromatic heterocycles. The van der Waals surface area contributed by atoms with Gasteiger partial charge in [-0.25, -0.2) is 4.98 Å². The highest BCUT2D eigenvalue weighted by atomic mass is 32.2. The molecule has 0 spiro atoms. The number of anilines is 2. The predicted molar refractivity (Wildman–Crippen MR) is 107 cm³/mol. The quantitative estimate of drug-likeness (QED) is 0.638. The molecule has 0 bridgehead atoms. The Morgan fingerprint density at radius 2 is 1.88 bits per heavy atom. The van der Waals surface area contributed by atoms with Crippen molar-refractivity contribution >= 4 is 34.7 Å². The van der Waals surface area contributed by atoms with E-state index in [9.17, 15) is 0 Å². The van der Waals surface area contributed by atoms with Crippen LogP contribution in [-0.4, -0.2) is 38.6 Å². The minimum Gasteiger partial charge on any atom is -0.368 e. The molecule has 0 saturated heterocycles. The summed E-state index contributed by atoms with van der Waals surface area (Å²) in [6.45, 7) is 5.42. The van der Waals surface area contributed by atoms with E-state index < -0.39 is 0 Å². The minimum absolute atomic E-state index is 0.243. The number of hydrogen-bond acceptors (Lipinski definition) is 7. The highest BCUT2D eigenvalue weighted by molar-refractivity contribution is 7.98. The summed E-state index contributed by atoms with van der Waals surface area (Å²) in [4.78, 5) is 19.5. The predicted octanol–water partition coefficient (Wildman–Crippen LogP) is 3.21. The lowest BCUT2D eigenvalue weighted by Gasteiger charge is -2.12. The molecule has 3 aromatic rings. The summed E-state index contributed by atoms with van der Waals surface area (Å²) in [7, 11) is 3.77. The fourth-order valence-electron chi connectivity index (χ4n) is 2.59. The molecule has 0 amide bonds. The van der Waals surface area contributed by atoms with Crippen LogP contribution in [0.5, 0.6) is 0 Å². The van der Waals surface area contributed by atoms with Gasteiger partial charge in [-0.3, -0.25) is 0 Å². The van der Waals surface area contributed by atoms with E-state index in [0.29, 0.717) is 23.4 Å². The summed E-state index contributed by atoms with van der Waals surface area (Å²) >= 11 is 1.63. The fourth-order valence-corrected chi connectivity index (χ4v) is 3.48. The van der Waals surface area contributed by atoms with Crippen molar-refractivity contribution in [1.82, 2.24) is 24.5 Å². The van der Waals surface area contributed by atoms with Gasteiger partial charge in [0.15, 0.2) is 5.16 Å². The van der Waals surface area contributed by atoms with Crippen molar-refractivity contribution in [3.8, 4) is 0 Å². The summed E-state index contributed by atoms with van der Waals surface area (Å²) < 4.78 is 2.29. The van der Waals surface area contributed by atoms with Crippen LogP contribution in [-0.2, 0) is 12.3 Å². The normalized spacial score (nSPS) is 11.4. The van der Waals surface area contributed by atoms with Crippen molar-refractivity contribution in [3.05, 3.63) is 30.1 Å². The molecule has 0 radical (unpaired) electrons. The molecule has 3 rings (SSSR count). The first kappa shape index (κ1) is 18.4. The molecule has 0 unspecified atom stereocenters. The Labute approximate surface area is 158 Å². The molecule has 2 N–H and O–H groups in total. The van der Waals surface area contributed by atoms with Crippen molar-refractivity contribution in [2.45, 2.75) is 37.7 Å². The molecule has 2 heterocycles. The molecule has 0 fully saturated rings. The van der Waals surface area contributed by atoms with Gasteiger partial charge in [-0.2, -0.15) is 15.0 Å². The number of nitrogen functional groups attached to an aromatic ring is 1. The zero-order chi connectivity index (χ0) is 18.7. The van der Waals surface area contributed by atoms with Crippen LogP contribution in [0.1, 0.15) is 26.1 Å². The number of nitrogens with two attached hydrogens (primary N) is 1. The smallest absolute Gasteiger partial charge is 0.229 e. The molecule has 26 heavy (non-hydrogen) atoms. The van der Waals surface area contributed by atoms with Gasteiger partial charge >= 0.3 is 0 Å². The van der Waals surface area contributed by atoms with Gasteiger partial charge in [0.05, 0.1) is 16.8 Å².